The highest BCUT2D eigenvalue weighted by Gasteiger charge is 2.07. The third kappa shape index (κ3) is 6.67. The third-order valence-corrected chi connectivity index (χ3v) is 2.42. The number of benzene rings is 1. The zero-order valence-electron chi connectivity index (χ0n) is 10.7. The van der Waals surface area contributed by atoms with E-state index >= 15 is 0 Å². The lowest BCUT2D eigenvalue weighted by Crippen LogP contribution is -2.38. The van der Waals surface area contributed by atoms with Gasteiger partial charge in [-0.3, -0.25) is 9.59 Å². The van der Waals surface area contributed by atoms with E-state index in [0.717, 1.165) is 0 Å². The molecule has 0 saturated carbocycles. The van der Waals surface area contributed by atoms with Crippen LogP contribution in [0.15, 0.2) is 30.3 Å². The summed E-state index contributed by atoms with van der Waals surface area (Å²) in [5, 5.41) is 4.64. The Balaban J connectivity index is 2.10. The van der Waals surface area contributed by atoms with Crippen molar-refractivity contribution in [2.75, 3.05) is 19.7 Å². The number of alkyl halides is 1. The maximum absolute atomic E-state index is 11.4. The van der Waals surface area contributed by atoms with Crippen molar-refractivity contribution in [3.8, 4) is 5.75 Å². The highest BCUT2D eigenvalue weighted by atomic mass is 35.5. The Morgan fingerprint density at radius 3 is 2.47 bits per heavy atom. The number of rotatable bonds is 7. The number of halogens is 1. The number of carbonyl (C=O) groups excluding carboxylic acids is 2. The van der Waals surface area contributed by atoms with Gasteiger partial charge in [-0.1, -0.05) is 18.2 Å². The molecule has 5 nitrogen and oxygen atoms in total. The molecular formula is C13H17ClN2O3. The molecule has 2 N–H and O–H groups in total. The van der Waals surface area contributed by atoms with Gasteiger partial charge in [0.2, 0.25) is 5.91 Å². The molecule has 0 bridgehead atoms. The molecule has 19 heavy (non-hydrogen) atoms. The number of ether oxygens (including phenoxy) is 1. The van der Waals surface area contributed by atoms with Crippen LogP contribution in [0.25, 0.3) is 0 Å². The molecule has 0 fully saturated rings. The Hall–Kier alpha value is -1.75. The molecule has 6 heteroatoms. The highest BCUT2D eigenvalue weighted by Crippen LogP contribution is 2.07. The van der Waals surface area contributed by atoms with Gasteiger partial charge in [-0.25, -0.2) is 0 Å². The second-order valence-corrected chi connectivity index (χ2v) is 4.51. The van der Waals surface area contributed by atoms with Crippen molar-refractivity contribution in [2.24, 2.45) is 0 Å². The molecule has 0 aliphatic heterocycles. The van der Waals surface area contributed by atoms with Gasteiger partial charge in [0.25, 0.3) is 5.91 Å². The summed E-state index contributed by atoms with van der Waals surface area (Å²) < 4.78 is 5.26. The van der Waals surface area contributed by atoms with Crippen LogP contribution in [0.4, 0.5) is 0 Å². The van der Waals surface area contributed by atoms with E-state index in [1.165, 1.54) is 0 Å². The third-order valence-electron chi connectivity index (χ3n) is 2.22. The number of carbonyl (C=O) groups is 2. The number of hydrogen-bond acceptors (Lipinski definition) is 3. The van der Waals surface area contributed by atoms with E-state index in [9.17, 15) is 9.59 Å². The lowest BCUT2D eigenvalue weighted by Gasteiger charge is -2.09. The first-order valence-corrected chi connectivity index (χ1v) is 6.39. The number of nitrogens with one attached hydrogen (secondary N) is 2. The molecule has 0 spiro atoms. The summed E-state index contributed by atoms with van der Waals surface area (Å²) in [4.78, 5) is 22.5. The summed E-state index contributed by atoms with van der Waals surface area (Å²) >= 11 is 5.57. The van der Waals surface area contributed by atoms with Gasteiger partial charge in [0.15, 0.2) is 6.61 Å². The Kier molecular flexibility index (Phi) is 6.74. The standard InChI is InChI=1S/C13H17ClN2O3/c1-10(14)13(18)16-8-7-15-12(17)9-19-11-5-3-2-4-6-11/h2-6,10H,7-9H2,1H3,(H,15,17)(H,16,18). The summed E-state index contributed by atoms with van der Waals surface area (Å²) in [6, 6.07) is 9.07. The molecule has 1 aromatic carbocycles. The van der Waals surface area contributed by atoms with Crippen LogP contribution >= 0.6 is 11.6 Å². The molecule has 2 amide bonds. The van der Waals surface area contributed by atoms with E-state index in [1.807, 2.05) is 18.2 Å². The van der Waals surface area contributed by atoms with Gasteiger partial charge in [0.1, 0.15) is 11.1 Å². The predicted molar refractivity (Wildman–Crippen MR) is 73.3 cm³/mol. The van der Waals surface area contributed by atoms with E-state index in [1.54, 1.807) is 19.1 Å². The smallest absolute Gasteiger partial charge is 0.258 e. The molecular weight excluding hydrogens is 268 g/mol. The molecule has 0 aromatic heterocycles. The summed E-state index contributed by atoms with van der Waals surface area (Å²) in [5.74, 6) is 0.149. The van der Waals surface area contributed by atoms with Crippen molar-refractivity contribution >= 4 is 23.4 Å². The maximum Gasteiger partial charge on any atom is 0.258 e. The van der Waals surface area contributed by atoms with Gasteiger partial charge >= 0.3 is 0 Å². The lowest BCUT2D eigenvalue weighted by molar-refractivity contribution is -0.124. The van der Waals surface area contributed by atoms with E-state index in [2.05, 4.69) is 10.6 Å². The van der Waals surface area contributed by atoms with Crippen molar-refractivity contribution < 1.29 is 14.3 Å². The first-order valence-electron chi connectivity index (χ1n) is 5.96. The summed E-state index contributed by atoms with van der Waals surface area (Å²) in [6.07, 6.45) is 0. The minimum Gasteiger partial charge on any atom is -0.484 e. The van der Waals surface area contributed by atoms with Crippen LogP contribution in [0.1, 0.15) is 6.92 Å². The SMILES string of the molecule is CC(Cl)C(=O)NCCNC(=O)COc1ccccc1. The first-order chi connectivity index (χ1) is 9.09. The molecule has 104 valence electrons. The molecule has 0 aliphatic carbocycles. The average Bonchev–Trinajstić information content (AvgIpc) is 2.42. The number of amides is 2. The van der Waals surface area contributed by atoms with Crippen LogP contribution in [0.5, 0.6) is 5.75 Å². The van der Waals surface area contributed by atoms with Gasteiger partial charge in [0.05, 0.1) is 0 Å². The second-order valence-electron chi connectivity index (χ2n) is 3.86. The van der Waals surface area contributed by atoms with E-state index in [4.69, 9.17) is 16.3 Å². The quantitative estimate of drug-likeness (QED) is 0.578. The van der Waals surface area contributed by atoms with E-state index in [0.29, 0.717) is 18.8 Å². The topological polar surface area (TPSA) is 67.4 Å². The molecule has 1 rings (SSSR count). The minimum absolute atomic E-state index is 0.0517. The predicted octanol–water partition coefficient (Wildman–Crippen LogP) is 0.925. The summed E-state index contributed by atoms with van der Waals surface area (Å²) in [7, 11) is 0. The van der Waals surface area contributed by atoms with Crippen LogP contribution in [-0.2, 0) is 9.59 Å². The summed E-state index contributed by atoms with van der Waals surface area (Å²) in [6.45, 7) is 2.21. The molecule has 1 aromatic rings. The first kappa shape index (κ1) is 15.3. The zero-order valence-corrected chi connectivity index (χ0v) is 11.4. The molecule has 0 heterocycles. The zero-order chi connectivity index (χ0) is 14.1. The van der Waals surface area contributed by atoms with Gasteiger partial charge < -0.3 is 15.4 Å². The molecule has 0 aliphatic rings. The van der Waals surface area contributed by atoms with E-state index in [-0.39, 0.29) is 18.4 Å². The fourth-order valence-electron chi connectivity index (χ4n) is 1.24. The molecule has 1 atom stereocenters. The largest absolute Gasteiger partial charge is 0.484 e. The number of hydrogen-bond donors (Lipinski definition) is 2. The van der Waals surface area contributed by atoms with E-state index < -0.39 is 5.38 Å². The molecule has 0 saturated heterocycles. The minimum atomic E-state index is -0.572. The Morgan fingerprint density at radius 1 is 1.21 bits per heavy atom. The van der Waals surface area contributed by atoms with Gasteiger partial charge in [-0.15, -0.1) is 11.6 Å². The summed E-state index contributed by atoms with van der Waals surface area (Å²) in [5.41, 5.74) is 0. The monoisotopic (exact) mass is 284 g/mol. The fraction of sp³-hybridized carbons (Fsp3) is 0.385. The molecule has 1 unspecified atom stereocenters. The van der Waals surface area contributed by atoms with Gasteiger partial charge in [0, 0.05) is 13.1 Å². The average molecular weight is 285 g/mol. The Bertz CT molecular complexity index is 410. The molecule has 0 radical (unpaired) electrons. The van der Waals surface area contributed by atoms with Crippen LogP contribution in [0, 0.1) is 0 Å². The van der Waals surface area contributed by atoms with Gasteiger partial charge in [-0.05, 0) is 19.1 Å². The van der Waals surface area contributed by atoms with Crippen LogP contribution in [0.3, 0.4) is 0 Å². The lowest BCUT2D eigenvalue weighted by atomic mass is 10.3. The van der Waals surface area contributed by atoms with Crippen molar-refractivity contribution in [1.82, 2.24) is 10.6 Å². The van der Waals surface area contributed by atoms with Gasteiger partial charge in [-0.2, -0.15) is 0 Å². The number of para-hydroxylation sites is 1. The Labute approximate surface area is 117 Å². The van der Waals surface area contributed by atoms with Crippen molar-refractivity contribution in [3.63, 3.8) is 0 Å². The van der Waals surface area contributed by atoms with Crippen LogP contribution in [0.2, 0.25) is 0 Å². The Morgan fingerprint density at radius 2 is 1.84 bits per heavy atom. The van der Waals surface area contributed by atoms with Crippen molar-refractivity contribution in [3.05, 3.63) is 30.3 Å². The van der Waals surface area contributed by atoms with Crippen molar-refractivity contribution in [2.45, 2.75) is 12.3 Å². The fourth-order valence-corrected chi connectivity index (χ4v) is 1.32. The second kappa shape index (κ2) is 8.37. The highest BCUT2D eigenvalue weighted by molar-refractivity contribution is 6.30. The maximum atomic E-state index is 11.4. The van der Waals surface area contributed by atoms with Crippen LogP contribution < -0.4 is 15.4 Å². The van der Waals surface area contributed by atoms with Crippen LogP contribution in [-0.4, -0.2) is 36.9 Å². The van der Waals surface area contributed by atoms with Crippen molar-refractivity contribution in [1.29, 1.82) is 0 Å². The normalized spacial score (nSPS) is 11.5.